The number of hydrogen-bond donors (Lipinski definition) is 0. The Hall–Kier alpha value is -1.07. The molecule has 1 aliphatic rings. The first-order valence-corrected chi connectivity index (χ1v) is 7.42. The molecule has 0 N–H and O–H groups in total. The van der Waals surface area contributed by atoms with Gasteiger partial charge in [0.15, 0.2) is 0 Å². The van der Waals surface area contributed by atoms with Gasteiger partial charge in [-0.15, -0.1) is 0 Å². The van der Waals surface area contributed by atoms with Crippen molar-refractivity contribution in [2.45, 2.75) is 26.4 Å². The van der Waals surface area contributed by atoms with Gasteiger partial charge in [0.25, 0.3) is 0 Å². The summed E-state index contributed by atoms with van der Waals surface area (Å²) in [5.41, 5.74) is 1.26. The van der Waals surface area contributed by atoms with Gasteiger partial charge in [0.05, 0.1) is 12.2 Å². The first-order chi connectivity index (χ1) is 9.24. The predicted octanol–water partition coefficient (Wildman–Crippen LogP) is 4.13. The van der Waals surface area contributed by atoms with E-state index < -0.39 is 5.60 Å². The fraction of sp³-hybridized carbons (Fsp3) is 0.429. The van der Waals surface area contributed by atoms with Gasteiger partial charge in [0.1, 0.15) is 10.8 Å². The smallest absolute Gasteiger partial charge is 0.410 e. The molecule has 0 aliphatic carbocycles. The van der Waals surface area contributed by atoms with Crippen LogP contribution in [0.15, 0.2) is 22.7 Å². The standard InChI is InChI=1S/C14H16BrClN2O2/c1-14(2,3)20-13(19)18-5-4-9(8-18)11-6-10(15)7-12(16)17-11/h4,6-7H,5,8H2,1-3H3. The van der Waals surface area contributed by atoms with E-state index in [-0.39, 0.29) is 6.09 Å². The Balaban J connectivity index is 2.06. The fourth-order valence-corrected chi connectivity index (χ4v) is 2.61. The lowest BCUT2D eigenvalue weighted by atomic mass is 10.2. The molecule has 0 fully saturated rings. The van der Waals surface area contributed by atoms with Gasteiger partial charge in [-0.2, -0.15) is 0 Å². The maximum Gasteiger partial charge on any atom is 0.410 e. The second kappa shape index (κ2) is 5.74. The minimum atomic E-state index is -0.489. The van der Waals surface area contributed by atoms with Crippen molar-refractivity contribution in [3.05, 3.63) is 33.5 Å². The number of carbonyl (C=O) groups excluding carboxylic acids is 1. The van der Waals surface area contributed by atoms with Crippen LogP contribution in [0.3, 0.4) is 0 Å². The van der Waals surface area contributed by atoms with Gasteiger partial charge >= 0.3 is 6.09 Å². The molecular weight excluding hydrogens is 344 g/mol. The van der Waals surface area contributed by atoms with Gasteiger partial charge in [0.2, 0.25) is 0 Å². The summed E-state index contributed by atoms with van der Waals surface area (Å²) in [6, 6.07) is 3.61. The van der Waals surface area contributed by atoms with Crippen molar-refractivity contribution in [3.63, 3.8) is 0 Å². The highest BCUT2D eigenvalue weighted by atomic mass is 79.9. The average molecular weight is 360 g/mol. The second-order valence-electron chi connectivity index (χ2n) is 5.58. The zero-order chi connectivity index (χ0) is 14.9. The third kappa shape index (κ3) is 3.96. The molecule has 0 bridgehead atoms. The molecule has 0 saturated heterocycles. The molecule has 1 aromatic rings. The highest BCUT2D eigenvalue weighted by Crippen LogP contribution is 2.25. The van der Waals surface area contributed by atoms with E-state index in [1.807, 2.05) is 32.9 Å². The summed E-state index contributed by atoms with van der Waals surface area (Å²) in [5, 5.41) is 0.422. The third-order valence-corrected chi connectivity index (χ3v) is 3.31. The number of amides is 1. The third-order valence-electron chi connectivity index (χ3n) is 2.66. The van der Waals surface area contributed by atoms with E-state index in [0.29, 0.717) is 18.2 Å². The number of halogens is 2. The number of carbonyl (C=O) groups is 1. The molecule has 1 aliphatic heterocycles. The maximum absolute atomic E-state index is 12.0. The number of pyridine rings is 1. The minimum Gasteiger partial charge on any atom is -0.444 e. The van der Waals surface area contributed by atoms with Crippen LogP contribution in [0.4, 0.5) is 4.79 Å². The summed E-state index contributed by atoms with van der Waals surface area (Å²) >= 11 is 9.33. The zero-order valence-electron chi connectivity index (χ0n) is 11.6. The van der Waals surface area contributed by atoms with Crippen molar-refractivity contribution in [3.8, 4) is 0 Å². The number of ether oxygens (including phenoxy) is 1. The Kier molecular flexibility index (Phi) is 4.39. The van der Waals surface area contributed by atoms with Gasteiger partial charge in [-0.3, -0.25) is 0 Å². The zero-order valence-corrected chi connectivity index (χ0v) is 14.0. The molecular formula is C14H16BrClN2O2. The van der Waals surface area contributed by atoms with Crippen LogP contribution in [0.25, 0.3) is 5.57 Å². The summed E-state index contributed by atoms with van der Waals surface area (Å²) in [6.45, 7) is 6.56. The predicted molar refractivity (Wildman–Crippen MR) is 82.7 cm³/mol. The Bertz CT molecular complexity index is 547. The topological polar surface area (TPSA) is 42.4 Å². The van der Waals surface area contributed by atoms with E-state index in [0.717, 1.165) is 15.7 Å². The van der Waals surface area contributed by atoms with Crippen molar-refractivity contribution >= 4 is 39.2 Å². The molecule has 0 radical (unpaired) electrons. The number of rotatable bonds is 1. The van der Waals surface area contributed by atoms with E-state index in [1.54, 1.807) is 11.0 Å². The molecule has 0 atom stereocenters. The Morgan fingerprint density at radius 2 is 2.15 bits per heavy atom. The fourth-order valence-electron chi connectivity index (χ4n) is 1.84. The van der Waals surface area contributed by atoms with Gasteiger partial charge in [0, 0.05) is 11.0 Å². The van der Waals surface area contributed by atoms with Crippen LogP contribution in [-0.2, 0) is 4.74 Å². The Morgan fingerprint density at radius 1 is 1.45 bits per heavy atom. The lowest BCUT2D eigenvalue weighted by Crippen LogP contribution is -2.35. The molecule has 0 spiro atoms. The van der Waals surface area contributed by atoms with Crippen molar-refractivity contribution < 1.29 is 9.53 Å². The Morgan fingerprint density at radius 3 is 2.75 bits per heavy atom. The van der Waals surface area contributed by atoms with E-state index in [1.165, 1.54) is 0 Å². The molecule has 2 heterocycles. The maximum atomic E-state index is 12.0. The summed E-state index contributed by atoms with van der Waals surface area (Å²) < 4.78 is 6.22. The van der Waals surface area contributed by atoms with Crippen LogP contribution in [0.1, 0.15) is 26.5 Å². The number of hydrogen-bond acceptors (Lipinski definition) is 3. The van der Waals surface area contributed by atoms with Gasteiger partial charge < -0.3 is 9.64 Å². The van der Waals surface area contributed by atoms with Gasteiger partial charge in [-0.05, 0) is 38.5 Å². The summed E-state index contributed by atoms with van der Waals surface area (Å²) in [7, 11) is 0. The quantitative estimate of drug-likeness (QED) is 0.708. The molecule has 6 heteroatoms. The molecule has 4 nitrogen and oxygen atoms in total. The molecule has 108 valence electrons. The van der Waals surface area contributed by atoms with Crippen molar-refractivity contribution in [1.29, 1.82) is 0 Å². The van der Waals surface area contributed by atoms with Crippen molar-refractivity contribution in [1.82, 2.24) is 9.88 Å². The molecule has 0 saturated carbocycles. The average Bonchev–Trinajstić information content (AvgIpc) is 2.74. The highest BCUT2D eigenvalue weighted by Gasteiger charge is 2.26. The Labute approximate surface area is 131 Å². The highest BCUT2D eigenvalue weighted by molar-refractivity contribution is 9.10. The monoisotopic (exact) mass is 358 g/mol. The molecule has 1 amide bonds. The van der Waals surface area contributed by atoms with E-state index in [9.17, 15) is 4.79 Å². The van der Waals surface area contributed by atoms with Crippen LogP contribution in [0.2, 0.25) is 5.15 Å². The van der Waals surface area contributed by atoms with Crippen molar-refractivity contribution in [2.24, 2.45) is 0 Å². The number of aromatic nitrogens is 1. The normalized spacial score (nSPS) is 15.2. The lowest BCUT2D eigenvalue weighted by Gasteiger charge is -2.24. The summed E-state index contributed by atoms with van der Waals surface area (Å²) in [5.74, 6) is 0. The van der Waals surface area contributed by atoms with E-state index in [2.05, 4.69) is 20.9 Å². The van der Waals surface area contributed by atoms with Crippen LogP contribution < -0.4 is 0 Å². The molecule has 20 heavy (non-hydrogen) atoms. The van der Waals surface area contributed by atoms with Crippen LogP contribution in [0, 0.1) is 0 Å². The van der Waals surface area contributed by atoms with Gasteiger partial charge in [-0.1, -0.05) is 33.6 Å². The number of nitrogens with zero attached hydrogens (tertiary/aromatic N) is 2. The second-order valence-corrected chi connectivity index (χ2v) is 6.89. The summed E-state index contributed by atoms with van der Waals surface area (Å²) in [6.07, 6.45) is 1.65. The SMILES string of the molecule is CC(C)(C)OC(=O)N1CC=C(c2cc(Br)cc(Cl)n2)C1. The van der Waals surface area contributed by atoms with Crippen LogP contribution in [-0.4, -0.2) is 34.7 Å². The van der Waals surface area contributed by atoms with Gasteiger partial charge in [-0.25, -0.2) is 9.78 Å². The first-order valence-electron chi connectivity index (χ1n) is 6.25. The van der Waals surface area contributed by atoms with Crippen LogP contribution in [0.5, 0.6) is 0 Å². The minimum absolute atomic E-state index is 0.315. The molecule has 1 aromatic heterocycles. The lowest BCUT2D eigenvalue weighted by molar-refractivity contribution is 0.0306. The largest absolute Gasteiger partial charge is 0.444 e. The van der Waals surface area contributed by atoms with Crippen LogP contribution >= 0.6 is 27.5 Å². The van der Waals surface area contributed by atoms with Crippen molar-refractivity contribution in [2.75, 3.05) is 13.1 Å². The first kappa shape index (κ1) is 15.3. The summed E-state index contributed by atoms with van der Waals surface area (Å²) in [4.78, 5) is 17.9. The van der Waals surface area contributed by atoms with E-state index in [4.69, 9.17) is 16.3 Å². The van der Waals surface area contributed by atoms with E-state index >= 15 is 0 Å². The molecule has 2 rings (SSSR count). The molecule has 0 unspecified atom stereocenters. The molecule has 0 aromatic carbocycles.